The number of hydrogen-bond donors (Lipinski definition) is 2. The van der Waals surface area contributed by atoms with Crippen LogP contribution >= 0.6 is 11.3 Å². The monoisotopic (exact) mass is 247 g/mol. The van der Waals surface area contributed by atoms with Crippen molar-refractivity contribution in [3.63, 3.8) is 0 Å². The van der Waals surface area contributed by atoms with Crippen LogP contribution in [0.5, 0.6) is 0 Å². The minimum atomic E-state index is 0.465. The van der Waals surface area contributed by atoms with Crippen molar-refractivity contribution in [2.24, 2.45) is 11.1 Å². The van der Waals surface area contributed by atoms with Crippen molar-refractivity contribution in [3.8, 4) is 0 Å². The Kier molecular flexibility index (Phi) is 2.76. The van der Waals surface area contributed by atoms with Crippen LogP contribution in [0.4, 0.5) is 5.13 Å². The van der Waals surface area contributed by atoms with Gasteiger partial charge in [-0.25, -0.2) is 4.98 Å². The third-order valence-electron chi connectivity index (χ3n) is 3.54. The van der Waals surface area contributed by atoms with E-state index in [-0.39, 0.29) is 0 Å². The zero-order valence-electron chi connectivity index (χ0n) is 9.78. The number of thiazole rings is 1. The summed E-state index contributed by atoms with van der Waals surface area (Å²) in [4.78, 5) is 4.58. The lowest BCUT2D eigenvalue weighted by molar-refractivity contribution is 0.501. The van der Waals surface area contributed by atoms with E-state index in [1.807, 2.05) is 6.07 Å². The summed E-state index contributed by atoms with van der Waals surface area (Å²) in [5.74, 6) is 0. The highest BCUT2D eigenvalue weighted by atomic mass is 32.1. The first-order valence-electron chi connectivity index (χ1n) is 6.11. The van der Waals surface area contributed by atoms with Crippen molar-refractivity contribution in [1.29, 1.82) is 0 Å². The van der Waals surface area contributed by atoms with Gasteiger partial charge in [-0.05, 0) is 43.4 Å². The number of aromatic nitrogens is 1. The summed E-state index contributed by atoms with van der Waals surface area (Å²) in [6.45, 7) is 1.81. The second-order valence-corrected chi connectivity index (χ2v) is 5.91. The lowest BCUT2D eigenvalue weighted by Gasteiger charge is -2.13. The number of anilines is 1. The topological polar surface area (TPSA) is 50.9 Å². The van der Waals surface area contributed by atoms with Gasteiger partial charge >= 0.3 is 0 Å². The van der Waals surface area contributed by atoms with Crippen molar-refractivity contribution in [3.05, 3.63) is 24.3 Å². The van der Waals surface area contributed by atoms with E-state index >= 15 is 0 Å². The molecule has 0 saturated heterocycles. The summed E-state index contributed by atoms with van der Waals surface area (Å²) in [7, 11) is 0. The fourth-order valence-electron chi connectivity index (χ4n) is 2.21. The van der Waals surface area contributed by atoms with E-state index in [9.17, 15) is 0 Å². The largest absolute Gasteiger partial charge is 0.361 e. The molecule has 3 rings (SSSR count). The third kappa shape index (κ3) is 2.28. The van der Waals surface area contributed by atoms with E-state index in [0.717, 1.165) is 30.2 Å². The molecule has 1 aliphatic rings. The van der Waals surface area contributed by atoms with Crippen molar-refractivity contribution < 1.29 is 0 Å². The molecule has 90 valence electrons. The minimum Gasteiger partial charge on any atom is -0.361 e. The van der Waals surface area contributed by atoms with Gasteiger partial charge < -0.3 is 11.1 Å². The smallest absolute Gasteiger partial charge is 0.183 e. The van der Waals surface area contributed by atoms with Crippen molar-refractivity contribution >= 4 is 26.7 Å². The number of benzene rings is 1. The molecule has 4 heteroatoms. The van der Waals surface area contributed by atoms with Crippen molar-refractivity contribution in [1.82, 2.24) is 4.98 Å². The molecule has 1 saturated carbocycles. The number of nitrogens with two attached hydrogens (primary N) is 1. The van der Waals surface area contributed by atoms with Gasteiger partial charge in [-0.3, -0.25) is 0 Å². The van der Waals surface area contributed by atoms with Gasteiger partial charge in [-0.2, -0.15) is 0 Å². The molecule has 3 nitrogen and oxygen atoms in total. The lowest BCUT2D eigenvalue weighted by atomic mass is 10.0. The number of hydrogen-bond acceptors (Lipinski definition) is 4. The van der Waals surface area contributed by atoms with E-state index in [1.165, 1.54) is 17.5 Å². The van der Waals surface area contributed by atoms with Gasteiger partial charge in [0.05, 0.1) is 10.2 Å². The molecule has 1 fully saturated rings. The summed E-state index contributed by atoms with van der Waals surface area (Å²) in [5.41, 5.74) is 7.20. The number of nitrogens with zero attached hydrogens (tertiary/aromatic N) is 1. The third-order valence-corrected chi connectivity index (χ3v) is 4.53. The molecular weight excluding hydrogens is 230 g/mol. The summed E-state index contributed by atoms with van der Waals surface area (Å²) in [5, 5.41) is 4.51. The van der Waals surface area contributed by atoms with Crippen LogP contribution in [0.25, 0.3) is 10.2 Å². The van der Waals surface area contributed by atoms with E-state index in [0.29, 0.717) is 5.41 Å². The zero-order valence-corrected chi connectivity index (χ0v) is 10.6. The molecule has 0 radical (unpaired) electrons. The van der Waals surface area contributed by atoms with Crippen molar-refractivity contribution in [2.75, 3.05) is 18.4 Å². The number of nitrogens with one attached hydrogen (secondary N) is 1. The quantitative estimate of drug-likeness (QED) is 0.854. The van der Waals surface area contributed by atoms with Crippen molar-refractivity contribution in [2.45, 2.75) is 19.3 Å². The number of rotatable bonds is 5. The van der Waals surface area contributed by atoms with Crippen LogP contribution in [0.15, 0.2) is 24.3 Å². The van der Waals surface area contributed by atoms with Gasteiger partial charge in [0.15, 0.2) is 5.13 Å². The van der Waals surface area contributed by atoms with Gasteiger partial charge in [-0.15, -0.1) is 0 Å². The number of para-hydroxylation sites is 1. The Hall–Kier alpha value is -1.13. The Labute approximate surface area is 105 Å². The van der Waals surface area contributed by atoms with Crippen LogP contribution in [-0.2, 0) is 0 Å². The maximum atomic E-state index is 5.64. The zero-order chi connectivity index (χ0) is 11.7. The molecule has 1 aromatic carbocycles. The maximum absolute atomic E-state index is 5.64. The summed E-state index contributed by atoms with van der Waals surface area (Å²) >= 11 is 1.73. The van der Waals surface area contributed by atoms with E-state index < -0.39 is 0 Å². The Morgan fingerprint density at radius 1 is 1.35 bits per heavy atom. The lowest BCUT2D eigenvalue weighted by Crippen LogP contribution is -2.18. The predicted octanol–water partition coefficient (Wildman–Crippen LogP) is 2.84. The van der Waals surface area contributed by atoms with E-state index in [2.05, 4.69) is 28.5 Å². The standard InChI is InChI=1S/C13H17N3S/c14-8-7-13(5-6-13)9-15-12-16-10-3-1-2-4-11(10)17-12/h1-4H,5-9,14H2,(H,15,16). The van der Waals surface area contributed by atoms with E-state index in [4.69, 9.17) is 5.73 Å². The summed E-state index contributed by atoms with van der Waals surface area (Å²) in [6.07, 6.45) is 3.75. The molecule has 1 aliphatic carbocycles. The Morgan fingerprint density at radius 3 is 2.88 bits per heavy atom. The molecular formula is C13H17N3S. The second-order valence-electron chi connectivity index (χ2n) is 4.88. The molecule has 0 unspecified atom stereocenters. The van der Waals surface area contributed by atoms with Crippen LogP contribution in [0, 0.1) is 5.41 Å². The molecule has 1 aromatic heterocycles. The molecule has 17 heavy (non-hydrogen) atoms. The van der Waals surface area contributed by atoms with Gasteiger partial charge in [0, 0.05) is 6.54 Å². The highest BCUT2D eigenvalue weighted by Gasteiger charge is 2.41. The minimum absolute atomic E-state index is 0.465. The van der Waals surface area contributed by atoms with Crippen LogP contribution in [0.3, 0.4) is 0 Å². The molecule has 0 bridgehead atoms. The first-order chi connectivity index (χ1) is 8.31. The fourth-order valence-corrected chi connectivity index (χ4v) is 3.07. The average molecular weight is 247 g/mol. The SMILES string of the molecule is NCCC1(CNc2nc3ccccc3s2)CC1. The predicted molar refractivity (Wildman–Crippen MR) is 73.4 cm³/mol. The number of fused-ring (bicyclic) bond motifs is 1. The second kappa shape index (κ2) is 4.27. The van der Waals surface area contributed by atoms with Crippen LogP contribution in [0.2, 0.25) is 0 Å². The van der Waals surface area contributed by atoms with Gasteiger partial charge in [0.2, 0.25) is 0 Å². The average Bonchev–Trinajstić information content (AvgIpc) is 2.98. The van der Waals surface area contributed by atoms with Gasteiger partial charge in [-0.1, -0.05) is 23.5 Å². The highest BCUT2D eigenvalue weighted by molar-refractivity contribution is 7.22. The molecule has 0 aliphatic heterocycles. The normalized spacial score (nSPS) is 17.2. The molecule has 1 heterocycles. The van der Waals surface area contributed by atoms with Gasteiger partial charge in [0.25, 0.3) is 0 Å². The van der Waals surface area contributed by atoms with E-state index in [1.54, 1.807) is 11.3 Å². The Balaban J connectivity index is 1.69. The Bertz CT molecular complexity index is 483. The summed E-state index contributed by atoms with van der Waals surface area (Å²) in [6, 6.07) is 8.26. The molecule has 3 N–H and O–H groups in total. The molecule has 2 aromatic rings. The highest BCUT2D eigenvalue weighted by Crippen LogP contribution is 2.48. The maximum Gasteiger partial charge on any atom is 0.183 e. The Morgan fingerprint density at radius 2 is 2.18 bits per heavy atom. The van der Waals surface area contributed by atoms with Crippen LogP contribution in [0.1, 0.15) is 19.3 Å². The molecule has 0 spiro atoms. The molecule has 0 atom stereocenters. The first kappa shape index (κ1) is 11.0. The van der Waals surface area contributed by atoms with Crippen LogP contribution in [-0.4, -0.2) is 18.1 Å². The summed E-state index contributed by atoms with van der Waals surface area (Å²) < 4.78 is 1.25. The molecule has 0 amide bonds. The van der Waals surface area contributed by atoms with Gasteiger partial charge in [0.1, 0.15) is 0 Å². The fraction of sp³-hybridized carbons (Fsp3) is 0.462. The first-order valence-corrected chi connectivity index (χ1v) is 6.93. The van der Waals surface area contributed by atoms with Crippen LogP contribution < -0.4 is 11.1 Å².